The quantitative estimate of drug-likeness (QED) is 0.874. The van der Waals surface area contributed by atoms with Crippen molar-refractivity contribution in [2.75, 3.05) is 18.0 Å². The van der Waals surface area contributed by atoms with E-state index in [4.69, 9.17) is 4.52 Å². The fourth-order valence-electron chi connectivity index (χ4n) is 3.03. The molecule has 1 aromatic heterocycles. The minimum Gasteiger partial charge on any atom is -0.393 e. The predicted octanol–water partition coefficient (Wildman–Crippen LogP) is 2.33. The van der Waals surface area contributed by atoms with Crippen LogP contribution in [0.4, 0.5) is 10.1 Å². The van der Waals surface area contributed by atoms with Crippen LogP contribution >= 0.6 is 0 Å². The van der Waals surface area contributed by atoms with Gasteiger partial charge in [0.25, 0.3) is 0 Å². The van der Waals surface area contributed by atoms with Gasteiger partial charge in [-0.25, -0.2) is 4.39 Å². The third-order valence-electron chi connectivity index (χ3n) is 4.40. The van der Waals surface area contributed by atoms with Gasteiger partial charge in [0.2, 0.25) is 5.89 Å². The first-order valence-corrected chi connectivity index (χ1v) is 8.28. The van der Waals surface area contributed by atoms with E-state index >= 15 is 0 Å². The zero-order chi connectivity index (χ0) is 17.1. The van der Waals surface area contributed by atoms with Crippen LogP contribution in [0.2, 0.25) is 0 Å². The standard InChI is InChI=1S/C17H23FN4O2/c1-11(19-10-17-20-12(2)24-21-17)15-9-13(18)3-4-16(15)22-7-5-14(23)6-8-22/h3-4,9,11,14,19,23H,5-8,10H2,1-2H3. The number of aliphatic hydroxyl groups is 1. The van der Waals surface area contributed by atoms with Gasteiger partial charge in [0.1, 0.15) is 5.82 Å². The van der Waals surface area contributed by atoms with Crippen molar-refractivity contribution in [1.82, 2.24) is 15.5 Å². The van der Waals surface area contributed by atoms with E-state index < -0.39 is 0 Å². The van der Waals surface area contributed by atoms with Crippen LogP contribution in [0.5, 0.6) is 0 Å². The van der Waals surface area contributed by atoms with Gasteiger partial charge in [0.15, 0.2) is 5.82 Å². The molecule has 2 aromatic rings. The van der Waals surface area contributed by atoms with Crippen molar-refractivity contribution in [3.05, 3.63) is 41.3 Å². The topological polar surface area (TPSA) is 74.4 Å². The van der Waals surface area contributed by atoms with Crippen LogP contribution in [0.1, 0.15) is 43.1 Å². The summed E-state index contributed by atoms with van der Waals surface area (Å²) in [6.45, 7) is 5.74. The molecule has 1 unspecified atom stereocenters. The lowest BCUT2D eigenvalue weighted by molar-refractivity contribution is 0.145. The van der Waals surface area contributed by atoms with Gasteiger partial charge in [-0.05, 0) is 43.5 Å². The number of aliphatic hydroxyl groups excluding tert-OH is 1. The molecule has 7 heteroatoms. The van der Waals surface area contributed by atoms with Crippen LogP contribution in [-0.2, 0) is 6.54 Å². The maximum atomic E-state index is 13.8. The average molecular weight is 334 g/mol. The van der Waals surface area contributed by atoms with Crippen molar-refractivity contribution in [1.29, 1.82) is 0 Å². The van der Waals surface area contributed by atoms with Crippen LogP contribution in [0.3, 0.4) is 0 Å². The van der Waals surface area contributed by atoms with Gasteiger partial charge in [-0.2, -0.15) is 4.98 Å². The Hall–Kier alpha value is -1.99. The third kappa shape index (κ3) is 3.91. The molecule has 24 heavy (non-hydrogen) atoms. The Balaban J connectivity index is 1.74. The van der Waals surface area contributed by atoms with E-state index in [2.05, 4.69) is 20.4 Å². The molecular formula is C17H23FN4O2. The van der Waals surface area contributed by atoms with E-state index in [0.717, 1.165) is 37.2 Å². The molecule has 1 atom stereocenters. The van der Waals surface area contributed by atoms with Gasteiger partial charge in [-0.15, -0.1) is 0 Å². The number of halogens is 1. The second-order valence-electron chi connectivity index (χ2n) is 6.25. The molecule has 3 rings (SSSR count). The lowest BCUT2D eigenvalue weighted by atomic mass is 10.0. The number of benzene rings is 1. The number of piperidine rings is 1. The van der Waals surface area contributed by atoms with Crippen LogP contribution in [0.25, 0.3) is 0 Å². The highest BCUT2D eigenvalue weighted by Crippen LogP contribution is 2.29. The number of hydrogen-bond acceptors (Lipinski definition) is 6. The first-order valence-electron chi connectivity index (χ1n) is 8.28. The largest absolute Gasteiger partial charge is 0.393 e. The van der Waals surface area contributed by atoms with Crippen molar-refractivity contribution >= 4 is 5.69 Å². The summed E-state index contributed by atoms with van der Waals surface area (Å²) in [4.78, 5) is 6.37. The maximum absolute atomic E-state index is 13.8. The van der Waals surface area contributed by atoms with Gasteiger partial charge >= 0.3 is 0 Å². The predicted molar refractivity (Wildman–Crippen MR) is 88.1 cm³/mol. The Morgan fingerprint density at radius 1 is 1.42 bits per heavy atom. The fraction of sp³-hybridized carbons (Fsp3) is 0.529. The lowest BCUT2D eigenvalue weighted by Crippen LogP contribution is -2.37. The van der Waals surface area contributed by atoms with Gasteiger partial charge in [-0.1, -0.05) is 5.16 Å². The van der Waals surface area contributed by atoms with Crippen LogP contribution in [0, 0.1) is 12.7 Å². The highest BCUT2D eigenvalue weighted by molar-refractivity contribution is 5.55. The Morgan fingerprint density at radius 2 is 2.17 bits per heavy atom. The molecule has 0 spiro atoms. The maximum Gasteiger partial charge on any atom is 0.223 e. The van der Waals surface area contributed by atoms with E-state index in [1.165, 1.54) is 6.07 Å². The summed E-state index contributed by atoms with van der Waals surface area (Å²) >= 11 is 0. The summed E-state index contributed by atoms with van der Waals surface area (Å²) in [5.74, 6) is 0.853. The molecule has 0 bridgehead atoms. The molecule has 1 aliphatic heterocycles. The van der Waals surface area contributed by atoms with Crippen molar-refractivity contribution in [3.8, 4) is 0 Å². The number of nitrogens with one attached hydrogen (secondary N) is 1. The number of hydrogen-bond donors (Lipinski definition) is 2. The van der Waals surface area contributed by atoms with Crippen molar-refractivity contribution < 1.29 is 14.0 Å². The van der Waals surface area contributed by atoms with Gasteiger partial charge < -0.3 is 19.8 Å². The molecule has 1 aliphatic rings. The van der Waals surface area contributed by atoms with Crippen molar-refractivity contribution in [2.45, 2.75) is 45.4 Å². The number of anilines is 1. The summed E-state index contributed by atoms with van der Waals surface area (Å²) < 4.78 is 18.7. The Kier molecular flexibility index (Phi) is 5.11. The molecule has 0 amide bonds. The minimum absolute atomic E-state index is 0.0682. The molecule has 1 saturated heterocycles. The molecule has 0 radical (unpaired) electrons. The van der Waals surface area contributed by atoms with Crippen LogP contribution < -0.4 is 10.2 Å². The van der Waals surface area contributed by atoms with Crippen LogP contribution in [0.15, 0.2) is 22.7 Å². The SMILES string of the molecule is Cc1nc(CNC(C)c2cc(F)ccc2N2CCC(O)CC2)no1. The van der Waals surface area contributed by atoms with Crippen LogP contribution in [-0.4, -0.2) is 34.4 Å². The summed E-state index contributed by atoms with van der Waals surface area (Å²) in [5.41, 5.74) is 1.90. The lowest BCUT2D eigenvalue weighted by Gasteiger charge is -2.34. The van der Waals surface area contributed by atoms with E-state index in [0.29, 0.717) is 18.3 Å². The van der Waals surface area contributed by atoms with E-state index in [1.807, 2.05) is 13.0 Å². The summed E-state index contributed by atoms with van der Waals surface area (Å²) in [6, 6.07) is 4.80. The number of aromatic nitrogens is 2. The van der Waals surface area contributed by atoms with Gasteiger partial charge in [0.05, 0.1) is 12.6 Å². The monoisotopic (exact) mass is 334 g/mol. The number of rotatable bonds is 5. The molecule has 2 N–H and O–H groups in total. The molecule has 1 fully saturated rings. The zero-order valence-corrected chi connectivity index (χ0v) is 14.0. The number of nitrogens with zero attached hydrogens (tertiary/aromatic N) is 3. The first-order chi connectivity index (χ1) is 11.5. The zero-order valence-electron chi connectivity index (χ0n) is 14.0. The molecule has 6 nitrogen and oxygen atoms in total. The first kappa shape index (κ1) is 16.9. The van der Waals surface area contributed by atoms with E-state index in [1.54, 1.807) is 13.0 Å². The van der Waals surface area contributed by atoms with Crippen molar-refractivity contribution in [2.24, 2.45) is 0 Å². The summed E-state index contributed by atoms with van der Waals surface area (Å²) in [7, 11) is 0. The second-order valence-corrected chi connectivity index (χ2v) is 6.25. The fourth-order valence-corrected chi connectivity index (χ4v) is 3.03. The summed E-state index contributed by atoms with van der Waals surface area (Å²) in [6.07, 6.45) is 1.24. The second kappa shape index (κ2) is 7.27. The smallest absolute Gasteiger partial charge is 0.223 e. The van der Waals surface area contributed by atoms with Crippen molar-refractivity contribution in [3.63, 3.8) is 0 Å². The van der Waals surface area contributed by atoms with Gasteiger partial charge in [-0.3, -0.25) is 0 Å². The Labute approximate surface area is 140 Å². The molecule has 0 saturated carbocycles. The summed E-state index contributed by atoms with van der Waals surface area (Å²) in [5, 5.41) is 16.9. The minimum atomic E-state index is -0.255. The normalized spacial score (nSPS) is 17.2. The van der Waals surface area contributed by atoms with E-state index in [9.17, 15) is 9.50 Å². The highest BCUT2D eigenvalue weighted by atomic mass is 19.1. The molecule has 1 aromatic carbocycles. The molecular weight excluding hydrogens is 311 g/mol. The third-order valence-corrected chi connectivity index (χ3v) is 4.40. The molecule has 0 aliphatic carbocycles. The average Bonchev–Trinajstić information content (AvgIpc) is 2.99. The Morgan fingerprint density at radius 3 is 2.83 bits per heavy atom. The molecule has 130 valence electrons. The highest BCUT2D eigenvalue weighted by Gasteiger charge is 2.21. The molecule has 2 heterocycles. The number of aryl methyl sites for hydroxylation is 1. The Bertz CT molecular complexity index is 683. The van der Waals surface area contributed by atoms with Gasteiger partial charge in [0, 0.05) is 31.7 Å². The van der Waals surface area contributed by atoms with E-state index in [-0.39, 0.29) is 18.0 Å².